The molecule has 0 spiro atoms. The second-order valence-electron chi connectivity index (χ2n) is 8.64. The van der Waals surface area contributed by atoms with Gasteiger partial charge in [-0.2, -0.15) is 0 Å². The van der Waals surface area contributed by atoms with Crippen LogP contribution < -0.4 is 5.32 Å². The summed E-state index contributed by atoms with van der Waals surface area (Å²) in [7, 11) is 0. The van der Waals surface area contributed by atoms with Crippen molar-refractivity contribution in [2.75, 3.05) is 5.75 Å². The van der Waals surface area contributed by atoms with E-state index in [1.165, 1.54) is 11.8 Å². The van der Waals surface area contributed by atoms with Crippen molar-refractivity contribution in [1.82, 2.24) is 10.2 Å². The summed E-state index contributed by atoms with van der Waals surface area (Å²) in [6, 6.07) is 24.7. The molecule has 1 N–H and O–H groups in total. The number of halogens is 2. The maximum Gasteiger partial charge on any atom is 0.243 e. The average Bonchev–Trinajstić information content (AvgIpc) is 2.84. The molecule has 0 aliphatic carbocycles. The summed E-state index contributed by atoms with van der Waals surface area (Å²) in [5, 5.41) is 3.71. The first-order valence-electron chi connectivity index (χ1n) is 11.5. The molecule has 0 saturated heterocycles. The second-order valence-corrected chi connectivity index (χ2v) is 11.0. The maximum absolute atomic E-state index is 13.6. The van der Waals surface area contributed by atoms with E-state index in [0.29, 0.717) is 23.7 Å². The lowest BCUT2D eigenvalue weighted by molar-refractivity contribution is -0.139. The Morgan fingerprint density at radius 3 is 2.17 bits per heavy atom. The van der Waals surface area contributed by atoms with Gasteiger partial charge < -0.3 is 10.2 Å². The average molecular weight is 574 g/mol. The molecule has 3 aromatic rings. The van der Waals surface area contributed by atoms with Crippen molar-refractivity contribution in [2.45, 2.75) is 44.6 Å². The Bertz CT molecular complexity index is 1090. The van der Waals surface area contributed by atoms with Crippen LogP contribution in [0, 0.1) is 0 Å². The van der Waals surface area contributed by atoms with Crippen LogP contribution in [0.3, 0.4) is 0 Å². The molecule has 4 nitrogen and oxygen atoms in total. The molecule has 0 heterocycles. The number of benzene rings is 3. The van der Waals surface area contributed by atoms with Crippen LogP contribution in [0.5, 0.6) is 0 Å². The molecule has 35 heavy (non-hydrogen) atoms. The Morgan fingerprint density at radius 2 is 1.54 bits per heavy atom. The molecule has 184 valence electrons. The van der Waals surface area contributed by atoms with Crippen molar-refractivity contribution in [2.24, 2.45) is 0 Å². The third kappa shape index (κ3) is 9.02. The Hall–Kier alpha value is -2.28. The van der Waals surface area contributed by atoms with Crippen molar-refractivity contribution in [3.63, 3.8) is 0 Å². The summed E-state index contributed by atoms with van der Waals surface area (Å²) in [6.45, 7) is 4.22. The maximum atomic E-state index is 13.6. The summed E-state index contributed by atoms with van der Waals surface area (Å²) in [5.74, 6) is 0.763. The van der Waals surface area contributed by atoms with Crippen LogP contribution in [-0.4, -0.2) is 34.6 Å². The predicted molar refractivity (Wildman–Crippen MR) is 150 cm³/mol. The van der Waals surface area contributed by atoms with Crippen molar-refractivity contribution >= 4 is 51.1 Å². The summed E-state index contributed by atoms with van der Waals surface area (Å²) < 4.78 is 0.969. The van der Waals surface area contributed by atoms with E-state index >= 15 is 0 Å². The largest absolute Gasteiger partial charge is 0.352 e. The number of nitrogens with one attached hydrogen (secondary N) is 1. The van der Waals surface area contributed by atoms with Gasteiger partial charge in [-0.05, 0) is 54.8 Å². The van der Waals surface area contributed by atoms with Crippen LogP contribution in [0.25, 0.3) is 0 Å². The second kappa shape index (κ2) is 13.7. The molecule has 0 fully saturated rings. The van der Waals surface area contributed by atoms with E-state index in [4.69, 9.17) is 11.6 Å². The topological polar surface area (TPSA) is 49.4 Å². The highest BCUT2D eigenvalue weighted by Crippen LogP contribution is 2.20. The number of rotatable bonds is 11. The quantitative estimate of drug-likeness (QED) is 0.285. The SMILES string of the molecule is CC(C)NC(=O)C(Cc1ccccc1)N(Cc1ccc(Br)cc1)C(=O)CSCc1ccc(Cl)cc1. The lowest BCUT2D eigenvalue weighted by Gasteiger charge is -2.32. The van der Waals surface area contributed by atoms with Crippen LogP contribution in [0.15, 0.2) is 83.3 Å². The van der Waals surface area contributed by atoms with E-state index in [0.717, 1.165) is 21.2 Å². The van der Waals surface area contributed by atoms with Gasteiger partial charge in [0.2, 0.25) is 11.8 Å². The normalized spacial score (nSPS) is 11.8. The minimum absolute atomic E-state index is 0.0234. The minimum atomic E-state index is -0.618. The van der Waals surface area contributed by atoms with Gasteiger partial charge in [-0.25, -0.2) is 0 Å². The van der Waals surface area contributed by atoms with Gasteiger partial charge in [0.15, 0.2) is 0 Å². The Kier molecular flexibility index (Phi) is 10.7. The van der Waals surface area contributed by atoms with Gasteiger partial charge in [-0.3, -0.25) is 9.59 Å². The Balaban J connectivity index is 1.83. The molecule has 0 aromatic heterocycles. The lowest BCUT2D eigenvalue weighted by Crippen LogP contribution is -2.52. The molecule has 0 saturated carbocycles. The highest BCUT2D eigenvalue weighted by molar-refractivity contribution is 9.10. The van der Waals surface area contributed by atoms with Crippen LogP contribution in [0.2, 0.25) is 5.02 Å². The number of hydrogen-bond acceptors (Lipinski definition) is 3. The molecule has 1 unspecified atom stereocenters. The van der Waals surface area contributed by atoms with Gasteiger partial charge in [0, 0.05) is 34.3 Å². The molecule has 0 aliphatic rings. The third-order valence-electron chi connectivity index (χ3n) is 5.38. The highest BCUT2D eigenvalue weighted by Gasteiger charge is 2.30. The molecule has 0 aliphatic heterocycles. The smallest absolute Gasteiger partial charge is 0.243 e. The van der Waals surface area contributed by atoms with Gasteiger partial charge >= 0.3 is 0 Å². The number of hydrogen-bond donors (Lipinski definition) is 1. The van der Waals surface area contributed by atoms with Crippen LogP contribution >= 0.6 is 39.3 Å². The molecule has 0 radical (unpaired) electrons. The van der Waals surface area contributed by atoms with E-state index in [2.05, 4.69) is 21.2 Å². The van der Waals surface area contributed by atoms with Crippen LogP contribution in [0.4, 0.5) is 0 Å². The van der Waals surface area contributed by atoms with Gasteiger partial charge in [-0.15, -0.1) is 11.8 Å². The standard InChI is InChI=1S/C28H30BrClN2O2S/c1-20(2)31-28(34)26(16-21-6-4-3-5-7-21)32(17-22-8-12-24(29)13-9-22)27(33)19-35-18-23-10-14-25(30)15-11-23/h3-15,20,26H,16-19H2,1-2H3,(H,31,34). The number of nitrogens with zero attached hydrogens (tertiary/aromatic N) is 1. The van der Waals surface area contributed by atoms with Gasteiger partial charge in [0.1, 0.15) is 6.04 Å². The molecule has 3 rings (SSSR count). The van der Waals surface area contributed by atoms with Gasteiger partial charge in [0.25, 0.3) is 0 Å². The van der Waals surface area contributed by atoms with E-state index in [-0.39, 0.29) is 23.6 Å². The number of amides is 2. The van der Waals surface area contributed by atoms with Crippen LogP contribution in [0.1, 0.15) is 30.5 Å². The number of thioether (sulfide) groups is 1. The number of carbonyl (C=O) groups excluding carboxylic acids is 2. The van der Waals surface area contributed by atoms with E-state index in [1.54, 1.807) is 4.90 Å². The van der Waals surface area contributed by atoms with Gasteiger partial charge in [-0.1, -0.05) is 82.1 Å². The number of carbonyl (C=O) groups is 2. The zero-order chi connectivity index (χ0) is 25.2. The third-order valence-corrected chi connectivity index (χ3v) is 7.14. The zero-order valence-corrected chi connectivity index (χ0v) is 23.1. The molecule has 0 bridgehead atoms. The molecule has 7 heteroatoms. The minimum Gasteiger partial charge on any atom is -0.352 e. The fraction of sp³-hybridized carbons (Fsp3) is 0.286. The first kappa shape index (κ1) is 27.3. The van der Waals surface area contributed by atoms with E-state index < -0.39 is 6.04 Å². The molecular formula is C28H30BrClN2O2S. The summed E-state index contributed by atoms with van der Waals surface area (Å²) in [5.41, 5.74) is 3.09. The fourth-order valence-corrected chi connectivity index (χ4v) is 4.90. The van der Waals surface area contributed by atoms with Crippen molar-refractivity contribution in [3.8, 4) is 0 Å². The molecule has 2 amide bonds. The van der Waals surface area contributed by atoms with Crippen molar-refractivity contribution in [1.29, 1.82) is 0 Å². The fourth-order valence-electron chi connectivity index (χ4n) is 3.64. The summed E-state index contributed by atoms with van der Waals surface area (Å²) >= 11 is 11.0. The monoisotopic (exact) mass is 572 g/mol. The van der Waals surface area contributed by atoms with Gasteiger partial charge in [0.05, 0.1) is 5.75 Å². The molecule has 1 atom stereocenters. The van der Waals surface area contributed by atoms with E-state index in [9.17, 15) is 9.59 Å². The van der Waals surface area contributed by atoms with Crippen LogP contribution in [-0.2, 0) is 28.3 Å². The zero-order valence-electron chi connectivity index (χ0n) is 19.9. The lowest BCUT2D eigenvalue weighted by atomic mass is 10.0. The summed E-state index contributed by atoms with van der Waals surface area (Å²) in [4.78, 5) is 28.6. The molecule has 3 aromatic carbocycles. The first-order chi connectivity index (χ1) is 16.8. The van der Waals surface area contributed by atoms with E-state index in [1.807, 2.05) is 92.7 Å². The first-order valence-corrected chi connectivity index (χ1v) is 13.8. The highest BCUT2D eigenvalue weighted by atomic mass is 79.9. The summed E-state index contributed by atoms with van der Waals surface area (Å²) in [6.07, 6.45) is 0.448. The Morgan fingerprint density at radius 1 is 0.914 bits per heavy atom. The molecular weight excluding hydrogens is 544 g/mol. The van der Waals surface area contributed by atoms with Crippen molar-refractivity contribution < 1.29 is 9.59 Å². The predicted octanol–water partition coefficient (Wildman–Crippen LogP) is 6.50. The van der Waals surface area contributed by atoms with Crippen molar-refractivity contribution in [3.05, 3.63) is 105 Å². The Labute approximate surface area is 225 Å².